The van der Waals surface area contributed by atoms with Gasteiger partial charge in [0.2, 0.25) is 0 Å². The molecule has 0 atom stereocenters. The Labute approximate surface area is 247 Å². The summed E-state index contributed by atoms with van der Waals surface area (Å²) in [7, 11) is 0. The Morgan fingerprint density at radius 2 is 0.952 bits per heavy atom. The topological polar surface area (TPSA) is 100 Å². The predicted octanol–water partition coefficient (Wildman–Crippen LogP) is 6.45. The highest BCUT2D eigenvalue weighted by Crippen LogP contribution is 2.21. The third-order valence-corrected chi connectivity index (χ3v) is 8.24. The maximum Gasteiger partial charge on any atom is 0.280 e. The molecular weight excluding hydrogens is 524 g/mol. The first-order valence-electron chi connectivity index (χ1n) is 15.3. The van der Waals surface area contributed by atoms with Crippen molar-refractivity contribution in [2.24, 2.45) is 9.98 Å². The molecule has 8 nitrogen and oxygen atoms in total. The molecule has 42 heavy (non-hydrogen) atoms. The van der Waals surface area contributed by atoms with Crippen LogP contribution in [-0.4, -0.2) is 44.1 Å². The molecule has 0 aliphatic heterocycles. The third-order valence-electron chi connectivity index (χ3n) is 8.24. The molecule has 0 bridgehead atoms. The van der Waals surface area contributed by atoms with Crippen molar-refractivity contribution in [1.82, 2.24) is 19.6 Å². The molecule has 2 aliphatic carbocycles. The average Bonchev–Trinajstić information content (AvgIpc) is 3.49. The Hall–Kier alpha value is -4.20. The lowest BCUT2D eigenvalue weighted by Crippen LogP contribution is -2.18. The minimum atomic E-state index is -0.0294. The minimum Gasteiger partial charge on any atom is -0.295 e. The Kier molecular flexibility index (Phi) is 9.85. The number of aryl methyl sites for hydroxylation is 2. The molecule has 2 aliphatic rings. The lowest BCUT2D eigenvalue weighted by atomic mass is 9.96. The van der Waals surface area contributed by atoms with E-state index in [0.29, 0.717) is 23.2 Å². The summed E-state index contributed by atoms with van der Waals surface area (Å²) in [6, 6.07) is 20.0. The van der Waals surface area contributed by atoms with E-state index in [1.807, 2.05) is 74.5 Å². The van der Waals surface area contributed by atoms with Crippen molar-refractivity contribution in [3.63, 3.8) is 0 Å². The van der Waals surface area contributed by atoms with E-state index in [4.69, 9.17) is 0 Å². The van der Waals surface area contributed by atoms with E-state index in [2.05, 4.69) is 20.2 Å². The first-order valence-corrected chi connectivity index (χ1v) is 15.3. The molecule has 2 N–H and O–H groups in total. The molecule has 6 rings (SSSR count). The first-order chi connectivity index (χ1) is 20.5. The second-order valence-corrected chi connectivity index (χ2v) is 11.4. The van der Waals surface area contributed by atoms with Crippen molar-refractivity contribution in [2.45, 2.75) is 90.1 Å². The van der Waals surface area contributed by atoms with Crippen molar-refractivity contribution in [2.75, 3.05) is 0 Å². The Bertz CT molecular complexity index is 1470. The highest BCUT2D eigenvalue weighted by Gasteiger charge is 2.15. The van der Waals surface area contributed by atoms with Crippen LogP contribution >= 0.6 is 0 Å². The van der Waals surface area contributed by atoms with Gasteiger partial charge in [-0.25, -0.2) is 9.36 Å². The van der Waals surface area contributed by atoms with Crippen molar-refractivity contribution < 1.29 is 0 Å². The van der Waals surface area contributed by atoms with Crippen LogP contribution in [0.5, 0.6) is 0 Å². The summed E-state index contributed by atoms with van der Waals surface area (Å²) in [6.45, 7) is 3.84. The Morgan fingerprint density at radius 3 is 1.31 bits per heavy atom. The van der Waals surface area contributed by atoms with Crippen molar-refractivity contribution in [1.29, 1.82) is 0 Å². The smallest absolute Gasteiger partial charge is 0.280 e. The third kappa shape index (κ3) is 7.16. The average molecular weight is 567 g/mol. The summed E-state index contributed by atoms with van der Waals surface area (Å²) in [5, 5.41) is 6.26. The SMILES string of the molecule is Cc1[nH]n(-c2ccccc2)c(=O)c1C=NC1CCCCC1.Cc1[nH]n(-c2ccccc2)c(=O)c1C=NC1CCCCC1. The van der Waals surface area contributed by atoms with E-state index >= 15 is 0 Å². The fourth-order valence-corrected chi connectivity index (χ4v) is 5.76. The fourth-order valence-electron chi connectivity index (χ4n) is 5.76. The zero-order valence-corrected chi connectivity index (χ0v) is 24.8. The number of aromatic nitrogens is 4. The summed E-state index contributed by atoms with van der Waals surface area (Å²) in [4.78, 5) is 34.3. The lowest BCUT2D eigenvalue weighted by Gasteiger charge is -2.16. The van der Waals surface area contributed by atoms with E-state index in [-0.39, 0.29) is 11.1 Å². The Balaban J connectivity index is 0.000000168. The maximum absolute atomic E-state index is 12.5. The van der Waals surface area contributed by atoms with Crippen LogP contribution in [0.25, 0.3) is 11.4 Å². The number of hydrogen-bond donors (Lipinski definition) is 2. The normalized spacial score (nSPS) is 16.6. The van der Waals surface area contributed by atoms with Crippen molar-refractivity contribution in [3.8, 4) is 11.4 Å². The van der Waals surface area contributed by atoms with Gasteiger partial charge < -0.3 is 0 Å². The number of benzene rings is 2. The molecule has 2 fully saturated rings. The van der Waals surface area contributed by atoms with E-state index in [0.717, 1.165) is 48.4 Å². The number of para-hydroxylation sites is 2. The number of nitrogens with one attached hydrogen (secondary N) is 2. The Morgan fingerprint density at radius 1 is 0.595 bits per heavy atom. The highest BCUT2D eigenvalue weighted by molar-refractivity contribution is 5.81. The molecular formula is C34H42N6O2. The number of aliphatic imine (C=N–C) groups is 2. The number of H-pyrrole nitrogens is 2. The standard InChI is InChI=1S/2C17H21N3O/c2*1-13-16(12-18-14-8-4-2-5-9-14)17(21)20(19-13)15-10-6-3-7-11-15/h2*3,6-7,10-12,14,19H,2,4-5,8-9H2,1H3. The molecule has 0 saturated heterocycles. The van der Waals surface area contributed by atoms with E-state index in [1.54, 1.807) is 21.8 Å². The molecule has 0 spiro atoms. The van der Waals surface area contributed by atoms with E-state index < -0.39 is 0 Å². The number of hydrogen-bond acceptors (Lipinski definition) is 4. The van der Waals surface area contributed by atoms with E-state index in [1.165, 1.54) is 38.5 Å². The van der Waals surface area contributed by atoms with Crippen LogP contribution in [0.3, 0.4) is 0 Å². The van der Waals surface area contributed by atoms with Crippen LogP contribution in [0.1, 0.15) is 86.7 Å². The van der Waals surface area contributed by atoms with Gasteiger partial charge in [-0.2, -0.15) is 0 Å². The van der Waals surface area contributed by atoms with Gasteiger partial charge in [-0.1, -0.05) is 74.9 Å². The van der Waals surface area contributed by atoms with Gasteiger partial charge in [0, 0.05) is 35.9 Å². The molecule has 2 saturated carbocycles. The van der Waals surface area contributed by atoms with Crippen LogP contribution in [0.15, 0.2) is 80.2 Å². The first kappa shape index (κ1) is 29.3. The maximum atomic E-state index is 12.5. The van der Waals surface area contributed by atoms with Gasteiger partial charge in [0.05, 0.1) is 22.5 Å². The molecule has 0 radical (unpaired) electrons. The van der Waals surface area contributed by atoms with Crippen LogP contribution in [0, 0.1) is 13.8 Å². The summed E-state index contributed by atoms with van der Waals surface area (Å²) >= 11 is 0. The molecule has 2 aromatic heterocycles. The fraction of sp³-hybridized carbons (Fsp3) is 0.412. The quantitative estimate of drug-likeness (QED) is 0.262. The van der Waals surface area contributed by atoms with Gasteiger partial charge in [0.1, 0.15) is 0 Å². The van der Waals surface area contributed by atoms with Crippen molar-refractivity contribution >= 4 is 12.4 Å². The zero-order valence-electron chi connectivity index (χ0n) is 24.8. The van der Waals surface area contributed by atoms with Gasteiger partial charge in [0.25, 0.3) is 11.1 Å². The second kappa shape index (κ2) is 14.1. The summed E-state index contributed by atoms with van der Waals surface area (Å²) in [5.74, 6) is 0. The monoisotopic (exact) mass is 566 g/mol. The van der Waals surface area contributed by atoms with Crippen LogP contribution in [0.4, 0.5) is 0 Å². The molecule has 8 heteroatoms. The van der Waals surface area contributed by atoms with Crippen LogP contribution in [-0.2, 0) is 0 Å². The number of rotatable bonds is 6. The van der Waals surface area contributed by atoms with Gasteiger partial charge in [-0.05, 0) is 63.8 Å². The van der Waals surface area contributed by atoms with Gasteiger partial charge >= 0.3 is 0 Å². The highest BCUT2D eigenvalue weighted by atomic mass is 16.1. The molecule has 0 amide bonds. The van der Waals surface area contributed by atoms with E-state index in [9.17, 15) is 9.59 Å². The van der Waals surface area contributed by atoms with Gasteiger partial charge in [-0.15, -0.1) is 0 Å². The number of aromatic amines is 2. The number of nitrogens with zero attached hydrogens (tertiary/aromatic N) is 4. The molecule has 2 aromatic carbocycles. The largest absolute Gasteiger partial charge is 0.295 e. The van der Waals surface area contributed by atoms with Crippen molar-refractivity contribution in [3.05, 3.63) is 104 Å². The van der Waals surface area contributed by atoms with Crippen LogP contribution in [0.2, 0.25) is 0 Å². The van der Waals surface area contributed by atoms with Gasteiger partial charge in [-0.3, -0.25) is 29.8 Å². The lowest BCUT2D eigenvalue weighted by molar-refractivity contribution is 0.444. The zero-order chi connectivity index (χ0) is 29.3. The summed E-state index contributed by atoms with van der Waals surface area (Å²) in [6.07, 6.45) is 15.8. The molecule has 220 valence electrons. The molecule has 0 unspecified atom stereocenters. The molecule has 2 heterocycles. The van der Waals surface area contributed by atoms with Crippen LogP contribution < -0.4 is 11.1 Å². The second-order valence-electron chi connectivity index (χ2n) is 11.4. The minimum absolute atomic E-state index is 0.0294. The van der Waals surface area contributed by atoms with Gasteiger partial charge in [0.15, 0.2) is 0 Å². The summed E-state index contributed by atoms with van der Waals surface area (Å²) in [5.41, 5.74) is 4.71. The predicted molar refractivity (Wildman–Crippen MR) is 171 cm³/mol. The summed E-state index contributed by atoms with van der Waals surface area (Å²) < 4.78 is 3.16. The molecule has 4 aromatic rings.